The van der Waals surface area contributed by atoms with Crippen molar-refractivity contribution in [3.8, 4) is 0 Å². The topological polar surface area (TPSA) is 47.6 Å². The van der Waals surface area contributed by atoms with Crippen LogP contribution in [0.15, 0.2) is 23.1 Å². The zero-order valence-corrected chi connectivity index (χ0v) is 12.6. The van der Waals surface area contributed by atoms with Crippen LogP contribution in [0.3, 0.4) is 0 Å². The first-order chi connectivity index (χ1) is 9.17. The molecule has 1 aromatic rings. The summed E-state index contributed by atoms with van der Waals surface area (Å²) in [5.41, 5.74) is 1.11. The summed E-state index contributed by atoms with van der Waals surface area (Å²) in [5.74, 6) is 0.0327. The maximum Gasteiger partial charge on any atom is 0.315 e. The molecular weight excluding hydrogens is 286 g/mol. The summed E-state index contributed by atoms with van der Waals surface area (Å²) in [6.07, 6.45) is 0. The molecule has 0 aliphatic carbocycles. The minimum atomic E-state index is -0.247. The SMILES string of the molecule is COCCNCc1ccc(Cl)cc1SCC(=O)OC. The quantitative estimate of drug-likeness (QED) is 0.454. The Morgan fingerprint density at radius 3 is 2.89 bits per heavy atom. The molecule has 19 heavy (non-hydrogen) atoms. The van der Waals surface area contributed by atoms with Gasteiger partial charge in [0.25, 0.3) is 0 Å². The van der Waals surface area contributed by atoms with Crippen molar-refractivity contribution in [3.05, 3.63) is 28.8 Å². The van der Waals surface area contributed by atoms with E-state index >= 15 is 0 Å². The number of thioether (sulfide) groups is 1. The van der Waals surface area contributed by atoms with E-state index in [0.717, 1.165) is 17.0 Å². The monoisotopic (exact) mass is 303 g/mol. The molecular formula is C13H18ClNO3S. The molecule has 0 aliphatic heterocycles. The Balaban J connectivity index is 2.60. The number of hydrogen-bond donors (Lipinski definition) is 1. The fraction of sp³-hybridized carbons (Fsp3) is 0.462. The second kappa shape index (κ2) is 9.20. The number of benzene rings is 1. The third-order valence-electron chi connectivity index (χ3n) is 2.40. The van der Waals surface area contributed by atoms with Crippen LogP contribution in [0.5, 0.6) is 0 Å². The first-order valence-corrected chi connectivity index (χ1v) is 7.21. The van der Waals surface area contributed by atoms with Crippen LogP contribution >= 0.6 is 23.4 Å². The molecule has 4 nitrogen and oxygen atoms in total. The van der Waals surface area contributed by atoms with E-state index in [0.29, 0.717) is 18.2 Å². The molecule has 1 N–H and O–H groups in total. The largest absolute Gasteiger partial charge is 0.468 e. The zero-order valence-electron chi connectivity index (χ0n) is 11.1. The molecule has 0 heterocycles. The molecule has 1 aromatic carbocycles. The Morgan fingerprint density at radius 1 is 1.42 bits per heavy atom. The number of nitrogens with one attached hydrogen (secondary N) is 1. The van der Waals surface area contributed by atoms with Crippen molar-refractivity contribution in [3.63, 3.8) is 0 Å². The van der Waals surface area contributed by atoms with Gasteiger partial charge < -0.3 is 14.8 Å². The van der Waals surface area contributed by atoms with Gasteiger partial charge >= 0.3 is 5.97 Å². The van der Waals surface area contributed by atoms with Crippen molar-refractivity contribution in [2.75, 3.05) is 33.1 Å². The molecule has 0 amide bonds. The average molecular weight is 304 g/mol. The molecule has 1 rings (SSSR count). The lowest BCUT2D eigenvalue weighted by atomic mass is 10.2. The smallest absolute Gasteiger partial charge is 0.315 e. The third kappa shape index (κ3) is 6.29. The highest BCUT2D eigenvalue weighted by atomic mass is 35.5. The summed E-state index contributed by atoms with van der Waals surface area (Å²) in [6.45, 7) is 2.16. The molecule has 106 valence electrons. The predicted molar refractivity (Wildman–Crippen MR) is 77.8 cm³/mol. The fourth-order valence-electron chi connectivity index (χ4n) is 1.40. The molecule has 0 saturated heterocycles. The maximum atomic E-state index is 11.2. The second-order valence-electron chi connectivity index (χ2n) is 3.79. The van der Waals surface area contributed by atoms with Gasteiger partial charge in [0.05, 0.1) is 19.5 Å². The lowest BCUT2D eigenvalue weighted by Crippen LogP contribution is -2.19. The van der Waals surface area contributed by atoms with Crippen LogP contribution in [0.1, 0.15) is 5.56 Å². The van der Waals surface area contributed by atoms with Gasteiger partial charge in [-0.3, -0.25) is 4.79 Å². The standard InChI is InChI=1S/C13H18ClNO3S/c1-17-6-5-15-8-10-3-4-11(14)7-12(10)19-9-13(16)18-2/h3-4,7,15H,5-6,8-9H2,1-2H3. The number of methoxy groups -OCH3 is 2. The van der Waals surface area contributed by atoms with Gasteiger partial charge in [0, 0.05) is 30.1 Å². The molecule has 0 unspecified atom stereocenters. The van der Waals surface area contributed by atoms with Gasteiger partial charge in [-0.2, -0.15) is 0 Å². The van der Waals surface area contributed by atoms with Crippen molar-refractivity contribution in [1.29, 1.82) is 0 Å². The van der Waals surface area contributed by atoms with E-state index in [1.807, 2.05) is 18.2 Å². The Labute approximate surface area is 122 Å². The minimum absolute atomic E-state index is 0.247. The van der Waals surface area contributed by atoms with Crippen LogP contribution in [0, 0.1) is 0 Å². The zero-order chi connectivity index (χ0) is 14.1. The van der Waals surface area contributed by atoms with Gasteiger partial charge in [-0.15, -0.1) is 11.8 Å². The molecule has 0 spiro atoms. The highest BCUT2D eigenvalue weighted by molar-refractivity contribution is 8.00. The summed E-state index contributed by atoms with van der Waals surface area (Å²) in [6, 6.07) is 5.67. The first kappa shape index (κ1) is 16.3. The first-order valence-electron chi connectivity index (χ1n) is 5.85. The number of ether oxygens (including phenoxy) is 2. The third-order valence-corrected chi connectivity index (χ3v) is 3.71. The number of carbonyl (C=O) groups excluding carboxylic acids is 1. The summed E-state index contributed by atoms with van der Waals surface area (Å²) in [5, 5.41) is 3.93. The predicted octanol–water partition coefficient (Wildman–Crippen LogP) is 2.34. The fourth-order valence-corrected chi connectivity index (χ4v) is 2.57. The van der Waals surface area contributed by atoms with E-state index in [1.54, 1.807) is 7.11 Å². The number of carbonyl (C=O) groups is 1. The van der Waals surface area contributed by atoms with Crippen molar-refractivity contribution in [2.45, 2.75) is 11.4 Å². The van der Waals surface area contributed by atoms with Gasteiger partial charge in [0.1, 0.15) is 0 Å². The summed E-state index contributed by atoms with van der Waals surface area (Å²) in [7, 11) is 3.05. The minimum Gasteiger partial charge on any atom is -0.468 e. The summed E-state index contributed by atoms with van der Waals surface area (Å²) in [4.78, 5) is 12.2. The van der Waals surface area contributed by atoms with E-state index in [1.165, 1.54) is 18.9 Å². The maximum absolute atomic E-state index is 11.2. The molecule has 0 radical (unpaired) electrons. The lowest BCUT2D eigenvalue weighted by molar-refractivity contribution is -0.137. The average Bonchev–Trinajstić information content (AvgIpc) is 2.42. The van der Waals surface area contributed by atoms with E-state index in [9.17, 15) is 4.79 Å². The number of halogens is 1. The van der Waals surface area contributed by atoms with Crippen molar-refractivity contribution >= 4 is 29.3 Å². The van der Waals surface area contributed by atoms with Crippen LogP contribution in [-0.4, -0.2) is 39.1 Å². The second-order valence-corrected chi connectivity index (χ2v) is 5.24. The Bertz CT molecular complexity index is 415. The van der Waals surface area contributed by atoms with E-state index < -0.39 is 0 Å². The molecule has 6 heteroatoms. The Kier molecular flexibility index (Phi) is 7.90. The lowest BCUT2D eigenvalue weighted by Gasteiger charge is -2.10. The van der Waals surface area contributed by atoms with Crippen LogP contribution in [0.2, 0.25) is 5.02 Å². The summed E-state index contributed by atoms with van der Waals surface area (Å²) >= 11 is 7.41. The van der Waals surface area contributed by atoms with Crippen molar-refractivity contribution < 1.29 is 14.3 Å². The summed E-state index contributed by atoms with van der Waals surface area (Å²) < 4.78 is 9.60. The van der Waals surface area contributed by atoms with Crippen molar-refractivity contribution in [2.24, 2.45) is 0 Å². The Hall–Kier alpha value is -0.750. The molecule has 0 aromatic heterocycles. The van der Waals surface area contributed by atoms with Crippen LogP contribution < -0.4 is 5.32 Å². The Morgan fingerprint density at radius 2 is 2.21 bits per heavy atom. The van der Waals surface area contributed by atoms with Crippen LogP contribution in [0.25, 0.3) is 0 Å². The molecule has 0 fully saturated rings. The normalized spacial score (nSPS) is 10.5. The van der Waals surface area contributed by atoms with E-state index in [4.69, 9.17) is 16.3 Å². The number of esters is 1. The molecule has 0 saturated carbocycles. The number of hydrogen-bond acceptors (Lipinski definition) is 5. The van der Waals surface area contributed by atoms with Crippen molar-refractivity contribution in [1.82, 2.24) is 5.32 Å². The molecule has 0 atom stereocenters. The van der Waals surface area contributed by atoms with Gasteiger partial charge in [-0.1, -0.05) is 17.7 Å². The van der Waals surface area contributed by atoms with E-state index in [2.05, 4.69) is 10.1 Å². The molecule has 0 bridgehead atoms. The highest BCUT2D eigenvalue weighted by Gasteiger charge is 2.07. The van der Waals surface area contributed by atoms with Crippen LogP contribution in [0.4, 0.5) is 0 Å². The van der Waals surface area contributed by atoms with Gasteiger partial charge in [0.2, 0.25) is 0 Å². The van der Waals surface area contributed by atoms with Gasteiger partial charge in [-0.25, -0.2) is 0 Å². The number of rotatable bonds is 8. The van der Waals surface area contributed by atoms with E-state index in [-0.39, 0.29) is 11.7 Å². The molecule has 0 aliphatic rings. The van der Waals surface area contributed by atoms with Gasteiger partial charge in [-0.05, 0) is 17.7 Å². The highest BCUT2D eigenvalue weighted by Crippen LogP contribution is 2.26. The van der Waals surface area contributed by atoms with Gasteiger partial charge in [0.15, 0.2) is 0 Å². The van der Waals surface area contributed by atoms with Crippen LogP contribution in [-0.2, 0) is 20.8 Å².